The van der Waals surface area contributed by atoms with Gasteiger partial charge in [0.2, 0.25) is 0 Å². The Balaban J connectivity index is 2.09. The Morgan fingerprint density at radius 3 is 2.56 bits per heavy atom. The van der Waals surface area contributed by atoms with Crippen molar-refractivity contribution in [3.63, 3.8) is 0 Å². The van der Waals surface area contributed by atoms with E-state index in [-0.39, 0.29) is 0 Å². The molecular weight excluding hydrogens is 340 g/mol. The maximum Gasteiger partial charge on any atom is 0.339 e. The number of para-hydroxylation sites is 1. The Morgan fingerprint density at radius 1 is 1.07 bits per heavy atom. The summed E-state index contributed by atoms with van der Waals surface area (Å²) in [5, 5.41) is 9.57. The van der Waals surface area contributed by atoms with Gasteiger partial charge in [-0.2, -0.15) is 5.26 Å². The summed E-state index contributed by atoms with van der Waals surface area (Å²) in [4.78, 5) is 21.0. The summed E-state index contributed by atoms with van der Waals surface area (Å²) in [6.07, 6.45) is 3.12. The highest BCUT2D eigenvalue weighted by Gasteiger charge is 2.20. The van der Waals surface area contributed by atoms with Crippen molar-refractivity contribution in [1.82, 2.24) is 14.5 Å². The zero-order valence-corrected chi connectivity index (χ0v) is 14.5. The van der Waals surface area contributed by atoms with Crippen molar-refractivity contribution in [2.45, 2.75) is 0 Å². The minimum atomic E-state index is -0.455. The van der Waals surface area contributed by atoms with E-state index in [1.807, 2.05) is 36.4 Å². The van der Waals surface area contributed by atoms with Gasteiger partial charge in [-0.3, -0.25) is 0 Å². The lowest BCUT2D eigenvalue weighted by molar-refractivity contribution is 0.0601. The summed E-state index contributed by atoms with van der Waals surface area (Å²) < 4.78 is 6.69. The minimum Gasteiger partial charge on any atom is -0.465 e. The van der Waals surface area contributed by atoms with E-state index in [9.17, 15) is 10.1 Å². The topological polar surface area (TPSA) is 80.8 Å². The first-order chi connectivity index (χ1) is 13.2. The summed E-state index contributed by atoms with van der Waals surface area (Å²) in [6, 6.07) is 18.9. The summed E-state index contributed by atoms with van der Waals surface area (Å²) >= 11 is 0. The highest BCUT2D eigenvalue weighted by molar-refractivity contribution is 5.98. The van der Waals surface area contributed by atoms with Crippen molar-refractivity contribution in [3.8, 4) is 23.0 Å². The average Bonchev–Trinajstić information content (AvgIpc) is 3.12. The van der Waals surface area contributed by atoms with Crippen molar-refractivity contribution in [3.05, 3.63) is 78.2 Å². The third-order valence-electron chi connectivity index (χ3n) is 4.31. The van der Waals surface area contributed by atoms with E-state index in [4.69, 9.17) is 4.74 Å². The Morgan fingerprint density at radius 2 is 1.81 bits per heavy atom. The van der Waals surface area contributed by atoms with Crippen LogP contribution in [0.5, 0.6) is 0 Å². The summed E-state index contributed by atoms with van der Waals surface area (Å²) in [7, 11) is 1.34. The number of aromatic nitrogens is 3. The highest BCUT2D eigenvalue weighted by Crippen LogP contribution is 2.31. The van der Waals surface area contributed by atoms with Crippen LogP contribution in [-0.2, 0) is 4.74 Å². The van der Waals surface area contributed by atoms with Crippen molar-refractivity contribution < 1.29 is 9.53 Å². The number of rotatable bonds is 3. The molecule has 0 N–H and O–H groups in total. The van der Waals surface area contributed by atoms with Gasteiger partial charge in [-0.05, 0) is 12.1 Å². The summed E-state index contributed by atoms with van der Waals surface area (Å²) in [5.41, 5.74) is 4.17. The van der Waals surface area contributed by atoms with Crippen LogP contribution in [-0.4, -0.2) is 27.6 Å². The number of carbonyl (C=O) groups excluding carboxylic acids is 1. The van der Waals surface area contributed by atoms with Gasteiger partial charge in [-0.25, -0.2) is 14.8 Å². The lowest BCUT2D eigenvalue weighted by Gasteiger charge is -2.12. The molecule has 2 heterocycles. The number of carbonyl (C=O) groups is 1. The zero-order chi connectivity index (χ0) is 18.8. The van der Waals surface area contributed by atoms with E-state index < -0.39 is 5.97 Å². The van der Waals surface area contributed by atoms with Crippen LogP contribution < -0.4 is 0 Å². The van der Waals surface area contributed by atoms with Crippen molar-refractivity contribution >= 4 is 17.0 Å². The van der Waals surface area contributed by atoms with Crippen LogP contribution in [0.4, 0.5) is 0 Å². The number of hydrogen-bond donors (Lipinski definition) is 0. The van der Waals surface area contributed by atoms with Gasteiger partial charge in [0.15, 0.2) is 0 Å². The van der Waals surface area contributed by atoms with Gasteiger partial charge in [0.05, 0.1) is 35.1 Å². The van der Waals surface area contributed by atoms with Gasteiger partial charge in [-0.1, -0.05) is 42.5 Å². The largest absolute Gasteiger partial charge is 0.465 e. The molecule has 0 spiro atoms. The molecule has 0 fully saturated rings. The van der Waals surface area contributed by atoms with Gasteiger partial charge in [0, 0.05) is 11.8 Å². The Hall–Kier alpha value is -3.98. The van der Waals surface area contributed by atoms with Crippen LogP contribution in [0.15, 0.2) is 67.1 Å². The molecule has 0 amide bonds. The standard InChI is InChI=1S/C21H14N4O2/c1-27-21(26)16-9-5-6-10-17(16)25-12-15(11-22)19-20(25)18(23-13-24-19)14-7-3-2-4-8-14/h2-10,12-13H,1H3. The monoisotopic (exact) mass is 354 g/mol. The van der Waals surface area contributed by atoms with Crippen LogP contribution in [0.1, 0.15) is 15.9 Å². The molecule has 130 valence electrons. The smallest absolute Gasteiger partial charge is 0.339 e. The van der Waals surface area contributed by atoms with Crippen LogP contribution in [0.2, 0.25) is 0 Å². The molecule has 0 bridgehead atoms. The third kappa shape index (κ3) is 2.71. The maximum atomic E-state index is 12.2. The molecule has 0 saturated heterocycles. The molecule has 0 aliphatic heterocycles. The third-order valence-corrected chi connectivity index (χ3v) is 4.31. The molecule has 0 aliphatic carbocycles. The molecule has 6 heteroatoms. The number of benzene rings is 2. The number of esters is 1. The van der Waals surface area contributed by atoms with Crippen LogP contribution in [0.3, 0.4) is 0 Å². The number of ether oxygens (including phenoxy) is 1. The van der Waals surface area contributed by atoms with Crippen LogP contribution in [0, 0.1) is 11.3 Å². The van der Waals surface area contributed by atoms with Gasteiger partial charge in [0.1, 0.15) is 17.9 Å². The molecule has 2 aromatic carbocycles. The lowest BCUT2D eigenvalue weighted by atomic mass is 10.1. The first-order valence-electron chi connectivity index (χ1n) is 8.24. The lowest BCUT2D eigenvalue weighted by Crippen LogP contribution is -2.07. The second-order valence-electron chi connectivity index (χ2n) is 5.82. The fourth-order valence-corrected chi connectivity index (χ4v) is 3.10. The van der Waals surface area contributed by atoms with Crippen LogP contribution >= 0.6 is 0 Å². The molecule has 0 aliphatic rings. The first-order valence-corrected chi connectivity index (χ1v) is 8.24. The molecule has 0 atom stereocenters. The minimum absolute atomic E-state index is 0.393. The van der Waals surface area contributed by atoms with E-state index in [1.54, 1.807) is 29.0 Å². The normalized spacial score (nSPS) is 10.5. The molecule has 0 radical (unpaired) electrons. The fraction of sp³-hybridized carbons (Fsp3) is 0.0476. The second-order valence-corrected chi connectivity index (χ2v) is 5.82. The highest BCUT2D eigenvalue weighted by atomic mass is 16.5. The average molecular weight is 354 g/mol. The SMILES string of the molecule is COC(=O)c1ccccc1-n1cc(C#N)c2ncnc(-c3ccccc3)c21. The Bertz CT molecular complexity index is 1190. The molecule has 0 unspecified atom stereocenters. The van der Waals surface area contributed by atoms with E-state index in [0.717, 1.165) is 5.56 Å². The van der Waals surface area contributed by atoms with Gasteiger partial charge in [-0.15, -0.1) is 0 Å². The van der Waals surface area contributed by atoms with Crippen LogP contribution in [0.25, 0.3) is 28.0 Å². The van der Waals surface area contributed by atoms with E-state index >= 15 is 0 Å². The Labute approximate surface area is 155 Å². The molecule has 0 saturated carbocycles. The predicted octanol–water partition coefficient (Wildman–Crippen LogP) is 3.75. The summed E-state index contributed by atoms with van der Waals surface area (Å²) in [5.74, 6) is -0.455. The van der Waals surface area contributed by atoms with E-state index in [2.05, 4.69) is 16.0 Å². The molecule has 27 heavy (non-hydrogen) atoms. The quantitative estimate of drug-likeness (QED) is 0.524. The number of methoxy groups -OCH3 is 1. The number of nitriles is 1. The molecule has 4 aromatic rings. The molecule has 4 rings (SSSR count). The second kappa shape index (κ2) is 6.73. The first kappa shape index (κ1) is 16.5. The Kier molecular flexibility index (Phi) is 4.11. The zero-order valence-electron chi connectivity index (χ0n) is 14.5. The number of nitrogens with zero attached hydrogens (tertiary/aromatic N) is 4. The van der Waals surface area contributed by atoms with E-state index in [0.29, 0.717) is 33.5 Å². The van der Waals surface area contributed by atoms with Gasteiger partial charge >= 0.3 is 5.97 Å². The number of fused-ring (bicyclic) bond motifs is 1. The van der Waals surface area contributed by atoms with Crippen molar-refractivity contribution in [1.29, 1.82) is 5.26 Å². The molecular formula is C21H14N4O2. The number of hydrogen-bond acceptors (Lipinski definition) is 5. The van der Waals surface area contributed by atoms with Crippen molar-refractivity contribution in [2.75, 3.05) is 7.11 Å². The molecule has 2 aromatic heterocycles. The van der Waals surface area contributed by atoms with Gasteiger partial charge in [0.25, 0.3) is 0 Å². The molecule has 6 nitrogen and oxygen atoms in total. The maximum absolute atomic E-state index is 12.2. The predicted molar refractivity (Wildman–Crippen MR) is 100 cm³/mol. The van der Waals surface area contributed by atoms with E-state index in [1.165, 1.54) is 13.4 Å². The summed E-state index contributed by atoms with van der Waals surface area (Å²) in [6.45, 7) is 0. The van der Waals surface area contributed by atoms with Crippen molar-refractivity contribution in [2.24, 2.45) is 0 Å². The fourth-order valence-electron chi connectivity index (χ4n) is 3.10. The van der Waals surface area contributed by atoms with Gasteiger partial charge < -0.3 is 9.30 Å².